The van der Waals surface area contributed by atoms with Crippen LogP contribution in [0.25, 0.3) is 0 Å². The number of carbonyl (C=O) groups excluding carboxylic acids is 1. The summed E-state index contributed by atoms with van der Waals surface area (Å²) in [6.45, 7) is -0.449. The van der Waals surface area contributed by atoms with Crippen molar-refractivity contribution in [3.05, 3.63) is 34.3 Å². The highest BCUT2D eigenvalue weighted by Gasteiger charge is 2.43. The highest BCUT2D eigenvalue weighted by Crippen LogP contribution is 2.33. The molecule has 1 aromatic carbocycles. The smallest absolute Gasteiger partial charge is 0.342 e. The lowest BCUT2D eigenvalue weighted by Gasteiger charge is -2.27. The van der Waals surface area contributed by atoms with E-state index in [-0.39, 0.29) is 5.56 Å². The number of halogens is 4. The quantitative estimate of drug-likeness (QED) is 0.627. The first-order valence-corrected chi connectivity index (χ1v) is 9.70. The van der Waals surface area contributed by atoms with Crippen LogP contribution in [0.4, 0.5) is 13.2 Å². The number of amides is 1. The lowest BCUT2D eigenvalue weighted by molar-refractivity contribution is -0.160. The van der Waals surface area contributed by atoms with E-state index in [2.05, 4.69) is 26.6 Å². The largest absolute Gasteiger partial charge is 0.407 e. The average Bonchev–Trinajstić information content (AvgIpc) is 2.47. The molecule has 0 saturated heterocycles. The Balaban J connectivity index is 3.15. The fourth-order valence-corrected chi connectivity index (χ4v) is 3.11. The van der Waals surface area contributed by atoms with Crippen molar-refractivity contribution in [1.29, 1.82) is 5.26 Å². The molecular weight excluding hydrogens is 427 g/mol. The van der Waals surface area contributed by atoms with Crippen LogP contribution in [-0.4, -0.2) is 45.1 Å². The maximum atomic E-state index is 13.4. The monoisotopic (exact) mass is 441 g/mol. The van der Waals surface area contributed by atoms with Gasteiger partial charge in [0.25, 0.3) is 0 Å². The molecule has 1 aromatic rings. The molecule has 1 rings (SSSR count). The molecule has 1 unspecified atom stereocenters. The van der Waals surface area contributed by atoms with Gasteiger partial charge in [-0.2, -0.15) is 18.4 Å². The Morgan fingerprint density at radius 2 is 1.88 bits per heavy atom. The summed E-state index contributed by atoms with van der Waals surface area (Å²) in [4.78, 5) is 12.0. The van der Waals surface area contributed by atoms with Crippen molar-refractivity contribution in [1.82, 2.24) is 10.6 Å². The number of hydrogen-bond donors (Lipinski definition) is 2. The molecule has 6 nitrogen and oxygen atoms in total. The number of sulfone groups is 1. The molecule has 0 fully saturated rings. The lowest BCUT2D eigenvalue weighted by Crippen LogP contribution is -2.52. The molecule has 2 atom stereocenters. The Bertz CT molecular complexity index is 745. The second kappa shape index (κ2) is 8.64. The van der Waals surface area contributed by atoms with Gasteiger partial charge in [0.15, 0.2) is 0 Å². The van der Waals surface area contributed by atoms with E-state index in [1.807, 2.05) is 0 Å². The van der Waals surface area contributed by atoms with Crippen molar-refractivity contribution in [2.75, 3.05) is 18.6 Å². The Morgan fingerprint density at radius 3 is 2.32 bits per heavy atom. The molecule has 0 aliphatic carbocycles. The van der Waals surface area contributed by atoms with Crippen molar-refractivity contribution in [2.24, 2.45) is 0 Å². The second-order valence-electron chi connectivity index (χ2n) is 5.21. The number of benzene rings is 1. The lowest BCUT2D eigenvalue weighted by atomic mass is 10.1. The van der Waals surface area contributed by atoms with Gasteiger partial charge in [-0.15, -0.1) is 0 Å². The summed E-state index contributed by atoms with van der Waals surface area (Å²) in [5.74, 6) is -1.84. The first-order chi connectivity index (χ1) is 11.4. The van der Waals surface area contributed by atoms with Crippen LogP contribution in [0.3, 0.4) is 0 Å². The van der Waals surface area contributed by atoms with Gasteiger partial charge in [0, 0.05) is 10.7 Å². The molecule has 0 aliphatic heterocycles. The topological polar surface area (TPSA) is 99.1 Å². The summed E-state index contributed by atoms with van der Waals surface area (Å²) in [7, 11) is -3.75. The minimum Gasteiger partial charge on any atom is -0.342 e. The van der Waals surface area contributed by atoms with Gasteiger partial charge in [-0.1, -0.05) is 28.1 Å². The molecule has 0 heterocycles. The molecule has 0 spiro atoms. The van der Waals surface area contributed by atoms with Crippen LogP contribution < -0.4 is 10.6 Å². The van der Waals surface area contributed by atoms with Crippen LogP contribution in [0.5, 0.6) is 0 Å². The maximum Gasteiger partial charge on any atom is 0.407 e. The predicted octanol–water partition coefficient (Wildman–Crippen LogP) is 1.70. The minimum atomic E-state index is -4.76. The molecule has 0 bridgehead atoms. The summed E-state index contributed by atoms with van der Waals surface area (Å²) in [5, 5.41) is 12.6. The van der Waals surface area contributed by atoms with Gasteiger partial charge < -0.3 is 5.32 Å². The highest BCUT2D eigenvalue weighted by molar-refractivity contribution is 9.10. The number of nitrogens with one attached hydrogen (secondary N) is 2. The molecule has 1 amide bonds. The SMILES string of the molecule is CS(=O)(=O)CC(N[C@@H](c1ccc(Br)cc1)C(F)(F)F)C(=O)NCC#N. The van der Waals surface area contributed by atoms with Crippen LogP contribution in [0, 0.1) is 11.3 Å². The fourth-order valence-electron chi connectivity index (χ4n) is 1.99. The van der Waals surface area contributed by atoms with Crippen molar-refractivity contribution in [3.8, 4) is 6.07 Å². The van der Waals surface area contributed by atoms with Crippen LogP contribution in [0.15, 0.2) is 28.7 Å². The summed E-state index contributed by atoms with van der Waals surface area (Å²) >= 11 is 3.11. The van der Waals surface area contributed by atoms with E-state index in [1.165, 1.54) is 24.3 Å². The van der Waals surface area contributed by atoms with E-state index in [4.69, 9.17) is 5.26 Å². The van der Waals surface area contributed by atoms with E-state index in [1.54, 1.807) is 6.07 Å². The molecule has 11 heteroatoms. The van der Waals surface area contributed by atoms with E-state index >= 15 is 0 Å². The number of nitriles is 1. The summed E-state index contributed by atoms with van der Waals surface area (Å²) in [6, 6.07) is 2.90. The molecule has 0 aliphatic rings. The second-order valence-corrected chi connectivity index (χ2v) is 8.31. The standard InChI is InChI=1S/C14H15BrF3N3O3S/c1-25(23,24)8-11(13(22)20-7-6-19)21-12(14(16,17)18)9-2-4-10(15)5-3-9/h2-5,11-12,21H,7-8H2,1H3,(H,20,22)/t11?,12-/m0/s1. The normalized spacial score (nSPS) is 14.4. The fraction of sp³-hybridized carbons (Fsp3) is 0.429. The predicted molar refractivity (Wildman–Crippen MR) is 88.2 cm³/mol. The molecule has 0 saturated carbocycles. The first kappa shape index (κ1) is 21.4. The summed E-state index contributed by atoms with van der Waals surface area (Å²) in [6.07, 6.45) is -3.96. The van der Waals surface area contributed by atoms with Gasteiger partial charge in [-0.05, 0) is 17.7 Å². The van der Waals surface area contributed by atoms with Crippen LogP contribution in [0.2, 0.25) is 0 Å². The van der Waals surface area contributed by atoms with E-state index in [0.29, 0.717) is 4.47 Å². The van der Waals surface area contributed by atoms with Gasteiger partial charge in [-0.25, -0.2) is 8.42 Å². The minimum absolute atomic E-state index is 0.178. The number of rotatable bonds is 7. The third-order valence-corrected chi connectivity index (χ3v) is 4.49. The van der Waals surface area contributed by atoms with Crippen LogP contribution in [0.1, 0.15) is 11.6 Å². The number of hydrogen-bond acceptors (Lipinski definition) is 5. The third kappa shape index (κ3) is 7.41. The summed E-state index contributed by atoms with van der Waals surface area (Å²) < 4.78 is 63.7. The van der Waals surface area contributed by atoms with Crippen molar-refractivity contribution < 1.29 is 26.4 Å². The van der Waals surface area contributed by atoms with Gasteiger partial charge in [0.2, 0.25) is 5.91 Å². The van der Waals surface area contributed by atoms with E-state index in [9.17, 15) is 26.4 Å². The van der Waals surface area contributed by atoms with Crippen molar-refractivity contribution in [2.45, 2.75) is 18.3 Å². The molecule has 138 valence electrons. The number of nitrogens with zero attached hydrogens (tertiary/aromatic N) is 1. The van der Waals surface area contributed by atoms with Crippen molar-refractivity contribution in [3.63, 3.8) is 0 Å². The average molecular weight is 442 g/mol. The number of carbonyl (C=O) groups is 1. The molecule has 0 aromatic heterocycles. The number of alkyl halides is 3. The Kier molecular flexibility index (Phi) is 7.40. The Morgan fingerprint density at radius 1 is 1.32 bits per heavy atom. The molecular formula is C14H15BrF3N3O3S. The van der Waals surface area contributed by atoms with Gasteiger partial charge in [0.1, 0.15) is 28.5 Å². The zero-order chi connectivity index (χ0) is 19.3. The van der Waals surface area contributed by atoms with Gasteiger partial charge >= 0.3 is 6.18 Å². The Hall–Kier alpha value is -1.64. The van der Waals surface area contributed by atoms with E-state index < -0.39 is 46.3 Å². The first-order valence-electron chi connectivity index (χ1n) is 6.84. The van der Waals surface area contributed by atoms with Crippen LogP contribution in [-0.2, 0) is 14.6 Å². The zero-order valence-corrected chi connectivity index (χ0v) is 15.4. The highest BCUT2D eigenvalue weighted by atomic mass is 79.9. The van der Waals surface area contributed by atoms with Crippen LogP contribution >= 0.6 is 15.9 Å². The maximum absolute atomic E-state index is 13.4. The molecule has 25 heavy (non-hydrogen) atoms. The van der Waals surface area contributed by atoms with E-state index in [0.717, 1.165) is 6.26 Å². The molecule has 2 N–H and O–H groups in total. The third-order valence-electron chi connectivity index (χ3n) is 3.03. The Labute approximate surface area is 151 Å². The zero-order valence-electron chi connectivity index (χ0n) is 13.0. The van der Waals surface area contributed by atoms with Crippen molar-refractivity contribution >= 4 is 31.7 Å². The summed E-state index contributed by atoms with van der Waals surface area (Å²) in [5.41, 5.74) is -0.178. The van der Waals surface area contributed by atoms with Gasteiger partial charge in [-0.3, -0.25) is 10.1 Å². The molecule has 0 radical (unpaired) electrons. The van der Waals surface area contributed by atoms with Gasteiger partial charge in [0.05, 0.1) is 11.8 Å².